The molecule has 2 aromatic heterocycles. The van der Waals surface area contributed by atoms with E-state index >= 15 is 0 Å². The van der Waals surface area contributed by atoms with Crippen molar-refractivity contribution in [2.24, 2.45) is 0 Å². The molecule has 1 N–H and O–H groups in total. The molecular weight excluding hydrogens is 302 g/mol. The fourth-order valence-corrected chi connectivity index (χ4v) is 3.24. The zero-order valence-electron chi connectivity index (χ0n) is 14.0. The first-order valence-electron chi connectivity index (χ1n) is 8.22. The summed E-state index contributed by atoms with van der Waals surface area (Å²) in [4.78, 5) is 18.9. The van der Waals surface area contributed by atoms with E-state index in [1.807, 2.05) is 30.9 Å². The number of carbonyl (C=O) groups excluding carboxylic acids is 1. The third-order valence-electron chi connectivity index (χ3n) is 4.79. The van der Waals surface area contributed by atoms with Gasteiger partial charge in [0.2, 0.25) is 5.91 Å². The van der Waals surface area contributed by atoms with Crippen molar-refractivity contribution in [3.8, 4) is 6.07 Å². The quantitative estimate of drug-likeness (QED) is 0.938. The van der Waals surface area contributed by atoms with Crippen LogP contribution in [0.25, 0.3) is 0 Å². The maximum absolute atomic E-state index is 12.5. The van der Waals surface area contributed by atoms with Gasteiger partial charge in [-0.25, -0.2) is 0 Å². The van der Waals surface area contributed by atoms with Crippen LogP contribution in [0.5, 0.6) is 0 Å². The summed E-state index contributed by atoms with van der Waals surface area (Å²) >= 11 is 0. The molecule has 24 heavy (non-hydrogen) atoms. The number of carbonyl (C=O) groups is 1. The van der Waals surface area contributed by atoms with Crippen molar-refractivity contribution >= 4 is 5.91 Å². The third-order valence-corrected chi connectivity index (χ3v) is 4.79. The van der Waals surface area contributed by atoms with Crippen molar-refractivity contribution in [3.63, 3.8) is 0 Å². The highest BCUT2D eigenvalue weighted by atomic mass is 16.2. The van der Waals surface area contributed by atoms with E-state index in [1.165, 1.54) is 0 Å². The van der Waals surface area contributed by atoms with Gasteiger partial charge in [-0.2, -0.15) is 10.4 Å². The molecular formula is C18H21N5O. The molecule has 1 aliphatic rings. The number of aryl methyl sites for hydroxylation is 2. The van der Waals surface area contributed by atoms with E-state index in [2.05, 4.69) is 21.3 Å². The molecule has 1 amide bonds. The molecule has 0 unspecified atom stereocenters. The number of rotatable bonds is 3. The van der Waals surface area contributed by atoms with Gasteiger partial charge in [0.05, 0.1) is 17.7 Å². The number of pyridine rings is 1. The number of hydrogen-bond acceptors (Lipinski definition) is 4. The summed E-state index contributed by atoms with van der Waals surface area (Å²) in [6, 6.07) is 5.83. The fourth-order valence-electron chi connectivity index (χ4n) is 3.24. The number of nitrogens with one attached hydrogen (secondary N) is 1. The molecule has 0 radical (unpaired) electrons. The SMILES string of the molecule is Cc1n[nH]c(C)c1CC(=O)N1CCC(c2ccc(C#N)cn2)CC1. The smallest absolute Gasteiger partial charge is 0.227 e. The van der Waals surface area contributed by atoms with Crippen LogP contribution < -0.4 is 0 Å². The Morgan fingerprint density at radius 1 is 1.38 bits per heavy atom. The van der Waals surface area contributed by atoms with Crippen molar-refractivity contribution in [2.45, 2.75) is 39.0 Å². The summed E-state index contributed by atoms with van der Waals surface area (Å²) in [6.45, 7) is 5.38. The molecule has 1 fully saturated rings. The first kappa shape index (κ1) is 16.2. The lowest BCUT2D eigenvalue weighted by Gasteiger charge is -2.32. The van der Waals surface area contributed by atoms with Crippen LogP contribution >= 0.6 is 0 Å². The summed E-state index contributed by atoms with van der Waals surface area (Å²) in [5.74, 6) is 0.521. The number of nitriles is 1. The summed E-state index contributed by atoms with van der Waals surface area (Å²) < 4.78 is 0. The molecule has 0 bridgehead atoms. The number of hydrogen-bond donors (Lipinski definition) is 1. The molecule has 3 heterocycles. The number of aromatic nitrogens is 3. The Balaban J connectivity index is 1.58. The van der Waals surface area contributed by atoms with Crippen molar-refractivity contribution < 1.29 is 4.79 Å². The lowest BCUT2D eigenvalue weighted by molar-refractivity contribution is -0.131. The van der Waals surface area contributed by atoms with Crippen LogP contribution in [-0.4, -0.2) is 39.1 Å². The van der Waals surface area contributed by atoms with Crippen molar-refractivity contribution in [3.05, 3.63) is 46.5 Å². The van der Waals surface area contributed by atoms with Crippen molar-refractivity contribution in [2.75, 3.05) is 13.1 Å². The predicted octanol–water partition coefficient (Wildman–Crippen LogP) is 2.24. The minimum Gasteiger partial charge on any atom is -0.342 e. The third kappa shape index (κ3) is 3.30. The molecule has 2 aromatic rings. The lowest BCUT2D eigenvalue weighted by atomic mass is 9.92. The monoisotopic (exact) mass is 323 g/mol. The molecule has 124 valence electrons. The standard InChI is InChI=1S/C18H21N5O/c1-12-16(13(2)22-21-12)9-18(24)23-7-5-15(6-8-23)17-4-3-14(10-19)11-20-17/h3-4,11,15H,5-9H2,1-2H3,(H,21,22). The van der Waals surface area contributed by atoms with Crippen LogP contribution in [0.4, 0.5) is 0 Å². The first-order chi connectivity index (χ1) is 11.6. The highest BCUT2D eigenvalue weighted by Crippen LogP contribution is 2.27. The molecule has 1 aliphatic heterocycles. The topological polar surface area (TPSA) is 85.7 Å². The summed E-state index contributed by atoms with van der Waals surface area (Å²) in [5, 5.41) is 15.9. The Labute approximate surface area is 141 Å². The van der Waals surface area contributed by atoms with Gasteiger partial charge in [-0.3, -0.25) is 14.9 Å². The largest absolute Gasteiger partial charge is 0.342 e. The maximum atomic E-state index is 12.5. The lowest BCUT2D eigenvalue weighted by Crippen LogP contribution is -2.39. The summed E-state index contributed by atoms with van der Waals surface area (Å²) in [7, 11) is 0. The van der Waals surface area contributed by atoms with E-state index in [0.29, 0.717) is 17.9 Å². The molecule has 6 heteroatoms. The van der Waals surface area contributed by atoms with Crippen molar-refractivity contribution in [1.29, 1.82) is 5.26 Å². The van der Waals surface area contributed by atoms with E-state index in [-0.39, 0.29) is 5.91 Å². The molecule has 0 atom stereocenters. The van der Waals surface area contributed by atoms with Gasteiger partial charge in [0.15, 0.2) is 0 Å². The van der Waals surface area contributed by atoms with Crippen LogP contribution in [0.1, 0.15) is 47.0 Å². The second kappa shape index (κ2) is 6.83. The van der Waals surface area contributed by atoms with E-state index < -0.39 is 0 Å². The van der Waals surface area contributed by atoms with E-state index in [9.17, 15) is 4.79 Å². The second-order valence-corrected chi connectivity index (χ2v) is 6.33. The Morgan fingerprint density at radius 3 is 2.67 bits per heavy atom. The molecule has 0 saturated carbocycles. The average Bonchev–Trinajstić information content (AvgIpc) is 2.94. The number of amides is 1. The molecule has 0 spiro atoms. The number of nitrogens with zero attached hydrogens (tertiary/aromatic N) is 4. The normalized spacial score (nSPS) is 15.3. The number of likely N-dealkylation sites (tertiary alicyclic amines) is 1. The zero-order chi connectivity index (χ0) is 17.1. The Morgan fingerprint density at radius 2 is 2.12 bits per heavy atom. The van der Waals surface area contributed by atoms with Gasteiger partial charge in [0.1, 0.15) is 6.07 Å². The molecule has 3 rings (SSSR count). The first-order valence-corrected chi connectivity index (χ1v) is 8.22. The van der Waals surface area contributed by atoms with E-state index in [0.717, 1.165) is 48.6 Å². The number of piperidine rings is 1. The maximum Gasteiger partial charge on any atom is 0.227 e. The Bertz CT molecular complexity index is 744. The molecule has 0 aromatic carbocycles. The predicted molar refractivity (Wildman–Crippen MR) is 89.3 cm³/mol. The van der Waals surface area contributed by atoms with Crippen LogP contribution in [-0.2, 0) is 11.2 Å². The molecule has 0 aliphatic carbocycles. The Kier molecular flexibility index (Phi) is 4.61. The van der Waals surface area contributed by atoms with Gasteiger partial charge in [-0.1, -0.05) is 0 Å². The van der Waals surface area contributed by atoms with Gasteiger partial charge < -0.3 is 4.90 Å². The minimum absolute atomic E-state index is 0.161. The van der Waals surface area contributed by atoms with Gasteiger partial charge in [-0.05, 0) is 38.8 Å². The van der Waals surface area contributed by atoms with Crippen molar-refractivity contribution in [1.82, 2.24) is 20.1 Å². The van der Waals surface area contributed by atoms with E-state index in [1.54, 1.807) is 6.20 Å². The second-order valence-electron chi connectivity index (χ2n) is 6.33. The van der Waals surface area contributed by atoms with Crippen LogP contribution in [0, 0.1) is 25.2 Å². The highest BCUT2D eigenvalue weighted by molar-refractivity contribution is 5.79. The Hall–Kier alpha value is -2.68. The van der Waals surface area contributed by atoms with Crippen LogP contribution in [0.15, 0.2) is 18.3 Å². The zero-order valence-corrected chi connectivity index (χ0v) is 14.0. The van der Waals surface area contributed by atoms with Gasteiger partial charge in [0, 0.05) is 42.2 Å². The molecule has 6 nitrogen and oxygen atoms in total. The van der Waals surface area contributed by atoms with Gasteiger partial charge in [0.25, 0.3) is 0 Å². The average molecular weight is 323 g/mol. The number of H-pyrrole nitrogens is 1. The fraction of sp³-hybridized carbons (Fsp3) is 0.444. The summed E-state index contributed by atoms with van der Waals surface area (Å²) in [6.07, 6.45) is 3.85. The van der Waals surface area contributed by atoms with Crippen LogP contribution in [0.2, 0.25) is 0 Å². The highest BCUT2D eigenvalue weighted by Gasteiger charge is 2.25. The summed E-state index contributed by atoms with van der Waals surface area (Å²) in [5.41, 5.74) is 4.48. The van der Waals surface area contributed by atoms with Gasteiger partial charge >= 0.3 is 0 Å². The number of aromatic amines is 1. The van der Waals surface area contributed by atoms with Crippen LogP contribution in [0.3, 0.4) is 0 Å². The minimum atomic E-state index is 0.161. The molecule has 1 saturated heterocycles. The van der Waals surface area contributed by atoms with E-state index in [4.69, 9.17) is 5.26 Å². The van der Waals surface area contributed by atoms with Gasteiger partial charge in [-0.15, -0.1) is 0 Å².